The number of aryl methyl sites for hydroxylation is 1. The highest BCUT2D eigenvalue weighted by molar-refractivity contribution is 5.89. The molecular weight excluding hydrogens is 532 g/mol. The lowest BCUT2D eigenvalue weighted by molar-refractivity contribution is -0.138. The van der Waals surface area contributed by atoms with Gasteiger partial charge in [0.15, 0.2) is 0 Å². The molecular formula is C32H46N6O4. The monoisotopic (exact) mass is 578 g/mol. The van der Waals surface area contributed by atoms with E-state index in [0.717, 1.165) is 55.8 Å². The van der Waals surface area contributed by atoms with Gasteiger partial charge in [-0.05, 0) is 51.1 Å². The van der Waals surface area contributed by atoms with Crippen molar-refractivity contribution in [3.05, 3.63) is 53.6 Å². The van der Waals surface area contributed by atoms with E-state index in [4.69, 9.17) is 4.74 Å². The van der Waals surface area contributed by atoms with Crippen molar-refractivity contribution in [1.82, 2.24) is 30.0 Å². The molecule has 1 N–H and O–H groups in total. The molecule has 42 heavy (non-hydrogen) atoms. The minimum Gasteiger partial charge on any atom is -0.496 e. The molecule has 10 nitrogen and oxygen atoms in total. The second kappa shape index (κ2) is 15.1. The molecule has 1 aromatic heterocycles. The van der Waals surface area contributed by atoms with Crippen LogP contribution in [0.3, 0.4) is 0 Å². The fourth-order valence-electron chi connectivity index (χ4n) is 5.94. The third-order valence-electron chi connectivity index (χ3n) is 8.09. The number of carbonyl (C=O) groups excluding carboxylic acids is 3. The van der Waals surface area contributed by atoms with Crippen LogP contribution in [-0.4, -0.2) is 94.3 Å². The Balaban J connectivity index is 1.54. The lowest BCUT2D eigenvalue weighted by Gasteiger charge is -2.31. The Kier molecular flexibility index (Phi) is 11.3. The highest BCUT2D eigenvalue weighted by Gasteiger charge is 2.42. The Morgan fingerprint density at radius 3 is 2.50 bits per heavy atom. The number of fused-ring (bicyclic) bond motifs is 2. The fraction of sp³-hybridized carbons (Fsp3) is 0.594. The summed E-state index contributed by atoms with van der Waals surface area (Å²) in [5, 5.41) is 3.08. The number of likely N-dealkylation sites (tertiary alicyclic amines) is 1. The van der Waals surface area contributed by atoms with Crippen LogP contribution in [0.15, 0.2) is 36.7 Å². The molecule has 0 saturated carbocycles. The first-order valence-electron chi connectivity index (χ1n) is 15.2. The molecule has 2 saturated heterocycles. The Labute approximate surface area is 249 Å². The molecule has 3 amide bonds. The van der Waals surface area contributed by atoms with Crippen LogP contribution in [0.4, 0.5) is 0 Å². The lowest BCUT2D eigenvalue weighted by Crippen LogP contribution is -2.47. The van der Waals surface area contributed by atoms with Crippen LogP contribution in [0.25, 0.3) is 0 Å². The van der Waals surface area contributed by atoms with Gasteiger partial charge in [-0.3, -0.25) is 19.3 Å². The van der Waals surface area contributed by atoms with E-state index in [9.17, 15) is 14.4 Å². The summed E-state index contributed by atoms with van der Waals surface area (Å²) in [5.41, 5.74) is 1.84. The zero-order valence-corrected chi connectivity index (χ0v) is 25.6. The topological polar surface area (TPSA) is 108 Å². The van der Waals surface area contributed by atoms with Gasteiger partial charge in [0.05, 0.1) is 19.6 Å². The number of hydrogen-bond acceptors (Lipinski definition) is 7. The number of para-hydroxylation sites is 1. The lowest BCUT2D eigenvalue weighted by atomic mass is 10.1. The van der Waals surface area contributed by atoms with Gasteiger partial charge in [-0.15, -0.1) is 0 Å². The molecule has 2 aliphatic heterocycles. The maximum Gasteiger partial charge on any atom is 0.242 e. The van der Waals surface area contributed by atoms with E-state index < -0.39 is 6.04 Å². The Morgan fingerprint density at radius 2 is 1.76 bits per heavy atom. The predicted octanol–water partition coefficient (Wildman–Crippen LogP) is 2.98. The minimum atomic E-state index is -0.604. The largest absolute Gasteiger partial charge is 0.496 e. The van der Waals surface area contributed by atoms with E-state index in [1.54, 1.807) is 12.0 Å². The summed E-state index contributed by atoms with van der Waals surface area (Å²) in [6.07, 6.45) is 7.34. The predicted molar refractivity (Wildman–Crippen MR) is 161 cm³/mol. The smallest absolute Gasteiger partial charge is 0.242 e. The van der Waals surface area contributed by atoms with Crippen LogP contribution in [0.2, 0.25) is 0 Å². The first kappa shape index (κ1) is 31.4. The van der Waals surface area contributed by atoms with Crippen molar-refractivity contribution in [2.75, 3.05) is 39.8 Å². The fourth-order valence-corrected chi connectivity index (χ4v) is 5.94. The molecule has 228 valence electrons. The SMILES string of the molecule is COc1ccccc1CC(=O)N1C[C@@H]2C[C@H]1C(=O)NCCCCN(Cc1cnc(C)nc1)CCCN2C(=O)CC(C)C. The van der Waals surface area contributed by atoms with Crippen LogP contribution in [-0.2, 0) is 27.3 Å². The zero-order valence-electron chi connectivity index (χ0n) is 25.6. The van der Waals surface area contributed by atoms with Crippen molar-refractivity contribution < 1.29 is 19.1 Å². The number of aromatic nitrogens is 2. The van der Waals surface area contributed by atoms with Crippen molar-refractivity contribution >= 4 is 17.7 Å². The molecule has 0 spiro atoms. The van der Waals surface area contributed by atoms with Gasteiger partial charge in [-0.2, -0.15) is 0 Å². The standard InChI is InChI=1S/C32H46N6O4/c1-23(2)16-30(39)37-15-9-14-36(21-25-19-34-24(3)35-20-25)13-8-7-12-33-32(41)28-18-27(37)22-38(28)31(40)17-26-10-5-6-11-29(26)42-4/h5-6,10-11,19-20,23,27-28H,7-9,12-18,21-22H2,1-4H3,(H,33,41)/t27-,28-/m0/s1. The minimum absolute atomic E-state index is 0.0822. The van der Waals surface area contributed by atoms with Gasteiger partial charge in [0.1, 0.15) is 17.6 Å². The molecule has 0 radical (unpaired) electrons. The van der Waals surface area contributed by atoms with Crippen molar-refractivity contribution in [2.45, 2.75) is 77.9 Å². The first-order valence-corrected chi connectivity index (χ1v) is 15.2. The van der Waals surface area contributed by atoms with Crippen molar-refractivity contribution in [1.29, 1.82) is 0 Å². The third-order valence-corrected chi connectivity index (χ3v) is 8.09. The van der Waals surface area contributed by atoms with E-state index in [1.807, 2.05) is 62.3 Å². The second-order valence-corrected chi connectivity index (χ2v) is 11.9. The average Bonchev–Trinajstić information content (AvgIpc) is 3.41. The average molecular weight is 579 g/mol. The summed E-state index contributed by atoms with van der Waals surface area (Å²) in [5.74, 6) is 1.42. The molecule has 0 unspecified atom stereocenters. The highest BCUT2D eigenvalue weighted by Crippen LogP contribution is 2.27. The highest BCUT2D eigenvalue weighted by atomic mass is 16.5. The van der Waals surface area contributed by atoms with Gasteiger partial charge < -0.3 is 19.9 Å². The summed E-state index contributed by atoms with van der Waals surface area (Å²) in [6.45, 7) is 9.89. The molecule has 2 bridgehead atoms. The van der Waals surface area contributed by atoms with Crippen LogP contribution < -0.4 is 10.1 Å². The Bertz CT molecular complexity index is 1200. The van der Waals surface area contributed by atoms with Crippen molar-refractivity contribution in [3.63, 3.8) is 0 Å². The number of amides is 3. The van der Waals surface area contributed by atoms with Gasteiger partial charge >= 0.3 is 0 Å². The Hall–Kier alpha value is -3.53. The number of nitrogens with zero attached hydrogens (tertiary/aromatic N) is 5. The van der Waals surface area contributed by atoms with Crippen LogP contribution >= 0.6 is 0 Å². The summed E-state index contributed by atoms with van der Waals surface area (Å²) in [4.78, 5) is 55.4. The quantitative estimate of drug-likeness (QED) is 0.538. The first-order chi connectivity index (χ1) is 20.2. The summed E-state index contributed by atoms with van der Waals surface area (Å²) >= 11 is 0. The van der Waals surface area contributed by atoms with Gasteiger partial charge in [0, 0.05) is 62.7 Å². The van der Waals surface area contributed by atoms with Crippen LogP contribution in [0.1, 0.15) is 62.9 Å². The zero-order chi connectivity index (χ0) is 30.1. The maximum absolute atomic E-state index is 13.7. The van der Waals surface area contributed by atoms with Gasteiger partial charge in [-0.25, -0.2) is 9.97 Å². The number of carbonyl (C=O) groups is 3. The molecule has 4 rings (SSSR count). The van der Waals surface area contributed by atoms with Gasteiger partial charge in [0.25, 0.3) is 0 Å². The number of ether oxygens (including phenoxy) is 1. The summed E-state index contributed by atoms with van der Waals surface area (Å²) < 4.78 is 5.46. The second-order valence-electron chi connectivity index (χ2n) is 11.9. The molecule has 10 heteroatoms. The number of hydrogen-bond donors (Lipinski definition) is 1. The molecule has 2 atom stereocenters. The number of rotatable bonds is 7. The third kappa shape index (κ3) is 8.50. The molecule has 1 aromatic carbocycles. The number of benzene rings is 1. The van der Waals surface area contributed by atoms with E-state index in [-0.39, 0.29) is 36.1 Å². The van der Waals surface area contributed by atoms with Crippen LogP contribution in [0.5, 0.6) is 5.75 Å². The Morgan fingerprint density at radius 1 is 1.02 bits per heavy atom. The van der Waals surface area contributed by atoms with E-state index in [1.165, 1.54) is 0 Å². The van der Waals surface area contributed by atoms with Gasteiger partial charge in [0.2, 0.25) is 17.7 Å². The van der Waals surface area contributed by atoms with Crippen LogP contribution in [0, 0.1) is 12.8 Å². The van der Waals surface area contributed by atoms with E-state index in [2.05, 4.69) is 20.2 Å². The number of nitrogens with one attached hydrogen (secondary N) is 1. The van der Waals surface area contributed by atoms with E-state index in [0.29, 0.717) is 38.2 Å². The van der Waals surface area contributed by atoms with E-state index >= 15 is 0 Å². The van der Waals surface area contributed by atoms with Gasteiger partial charge in [-0.1, -0.05) is 32.0 Å². The normalized spacial score (nSPS) is 20.7. The number of methoxy groups -OCH3 is 1. The molecule has 3 heterocycles. The van der Waals surface area contributed by atoms with Crippen molar-refractivity contribution in [3.8, 4) is 5.75 Å². The summed E-state index contributed by atoms with van der Waals surface area (Å²) in [7, 11) is 1.59. The molecule has 0 aliphatic carbocycles. The molecule has 2 aliphatic rings. The maximum atomic E-state index is 13.7. The molecule has 2 aromatic rings. The van der Waals surface area contributed by atoms with Crippen molar-refractivity contribution in [2.24, 2.45) is 5.92 Å². The summed E-state index contributed by atoms with van der Waals surface area (Å²) in [6, 6.07) is 6.65. The molecule has 2 fully saturated rings.